The minimum absolute atomic E-state index is 0.0648. The molecule has 0 aliphatic rings. The first-order valence-corrected chi connectivity index (χ1v) is 6.06. The summed E-state index contributed by atoms with van der Waals surface area (Å²) in [5.74, 6) is 0. The van der Waals surface area contributed by atoms with Crippen LogP contribution in [-0.4, -0.2) is 51.5 Å². The molecule has 8 nitrogen and oxygen atoms in total. The predicted octanol–water partition coefficient (Wildman–Crippen LogP) is 1.24. The number of carbonyl (C=O) groups excluding carboxylic acids is 2. The lowest BCUT2D eigenvalue weighted by Crippen LogP contribution is -2.05. The first-order chi connectivity index (χ1) is 9.08. The van der Waals surface area contributed by atoms with Crippen molar-refractivity contribution in [1.29, 1.82) is 0 Å². The van der Waals surface area contributed by atoms with Crippen LogP contribution in [0.25, 0.3) is 0 Å². The number of nitrogens with two attached hydrogens (primary N) is 2. The minimum atomic E-state index is -0.639. The van der Waals surface area contributed by atoms with E-state index in [0.717, 1.165) is 0 Å². The van der Waals surface area contributed by atoms with Gasteiger partial charge in [-0.25, -0.2) is 0 Å². The van der Waals surface area contributed by atoms with Gasteiger partial charge in [0.05, 0.1) is 0 Å². The highest BCUT2D eigenvalue weighted by Crippen LogP contribution is 1.83. The summed E-state index contributed by atoms with van der Waals surface area (Å²) in [5.41, 5.74) is 8.67. The van der Waals surface area contributed by atoms with E-state index in [2.05, 4.69) is 55.7 Å². The Kier molecular flexibility index (Phi) is 32.7. The first kappa shape index (κ1) is 27.8. The standard InChI is InChI=1S/2C4H10O2.2CH3NOS/c2*1-4(5-2)6-3;2*2-1(3)4/h2*4H,1-3H3;2*(H3,2,3,4). The van der Waals surface area contributed by atoms with E-state index < -0.39 is 10.5 Å². The summed E-state index contributed by atoms with van der Waals surface area (Å²) >= 11 is 6.21. The zero-order chi connectivity index (χ0) is 17.1. The maximum atomic E-state index is 9.09. The second kappa shape index (κ2) is 23.6. The van der Waals surface area contributed by atoms with Crippen LogP contribution in [0.5, 0.6) is 0 Å². The quantitative estimate of drug-likeness (QED) is 0.453. The lowest BCUT2D eigenvalue weighted by atomic mass is 10.8. The normalized spacial score (nSPS) is 8.50. The van der Waals surface area contributed by atoms with Crippen LogP contribution in [0.3, 0.4) is 0 Å². The third-order valence-electron chi connectivity index (χ3n) is 1.33. The van der Waals surface area contributed by atoms with Gasteiger partial charge in [0.2, 0.25) is 0 Å². The summed E-state index contributed by atoms with van der Waals surface area (Å²) in [5, 5.41) is -1.28. The summed E-state index contributed by atoms with van der Waals surface area (Å²) < 4.78 is 18.7. The number of rotatable bonds is 4. The van der Waals surface area contributed by atoms with E-state index in [-0.39, 0.29) is 12.6 Å². The van der Waals surface area contributed by atoms with Crippen molar-refractivity contribution >= 4 is 35.7 Å². The average Bonchev–Trinajstić information content (AvgIpc) is 2.36. The van der Waals surface area contributed by atoms with Crippen molar-refractivity contribution in [3.05, 3.63) is 0 Å². The molecule has 0 spiro atoms. The topological polar surface area (TPSA) is 123 Å². The Bertz CT molecular complexity index is 184. The maximum Gasteiger partial charge on any atom is 0.273 e. The molecule has 2 amide bonds. The Morgan fingerprint density at radius 2 is 0.850 bits per heavy atom. The number of ether oxygens (including phenoxy) is 4. The number of thiol groups is 2. The molecule has 0 heterocycles. The molecule has 0 bridgehead atoms. The zero-order valence-corrected chi connectivity index (χ0v) is 14.4. The van der Waals surface area contributed by atoms with Gasteiger partial charge in [0, 0.05) is 28.4 Å². The number of carbonyl (C=O) groups is 2. The molecule has 0 saturated carbocycles. The van der Waals surface area contributed by atoms with Crippen molar-refractivity contribution in [2.24, 2.45) is 11.5 Å². The number of methoxy groups -OCH3 is 4. The van der Waals surface area contributed by atoms with Gasteiger partial charge < -0.3 is 30.4 Å². The third-order valence-corrected chi connectivity index (χ3v) is 1.33. The second-order valence-corrected chi connectivity index (χ2v) is 3.64. The Balaban J connectivity index is -0.0000000871. The summed E-state index contributed by atoms with van der Waals surface area (Å²) in [6, 6.07) is 0. The van der Waals surface area contributed by atoms with Crippen LogP contribution < -0.4 is 11.5 Å². The predicted molar refractivity (Wildman–Crippen MR) is 84.1 cm³/mol. The lowest BCUT2D eigenvalue weighted by molar-refractivity contribution is -0.0879. The number of hydrogen-bond donors (Lipinski definition) is 4. The summed E-state index contributed by atoms with van der Waals surface area (Å²) in [6.45, 7) is 3.67. The Hall–Kier alpha value is -0.520. The molecule has 0 aromatic heterocycles. The SMILES string of the molecule is COC(C)OC.COC(C)OC.NC(=O)S.NC(=O)S. The minimum Gasteiger partial charge on any atom is -0.361 e. The van der Waals surface area contributed by atoms with Crippen LogP contribution in [0.1, 0.15) is 13.8 Å². The third kappa shape index (κ3) is 84.9. The van der Waals surface area contributed by atoms with Crippen LogP contribution in [0.4, 0.5) is 9.59 Å². The smallest absolute Gasteiger partial charge is 0.273 e. The molecule has 10 heteroatoms. The average molecular weight is 334 g/mol. The van der Waals surface area contributed by atoms with Crippen molar-refractivity contribution in [2.75, 3.05) is 28.4 Å². The highest BCUT2D eigenvalue weighted by atomic mass is 32.1. The van der Waals surface area contributed by atoms with E-state index in [1.165, 1.54) is 0 Å². The fourth-order valence-corrected chi connectivity index (χ4v) is 0.192. The molecule has 0 aromatic rings. The molecule has 124 valence electrons. The molecule has 20 heavy (non-hydrogen) atoms. The monoisotopic (exact) mass is 334 g/mol. The molecule has 0 fully saturated rings. The van der Waals surface area contributed by atoms with Crippen LogP contribution in [-0.2, 0) is 18.9 Å². The van der Waals surface area contributed by atoms with Crippen LogP contribution in [0.2, 0.25) is 0 Å². The van der Waals surface area contributed by atoms with Gasteiger partial charge in [-0.2, -0.15) is 0 Å². The summed E-state index contributed by atoms with van der Waals surface area (Å²) in [6.07, 6.45) is -0.130. The van der Waals surface area contributed by atoms with Gasteiger partial charge in [-0.3, -0.25) is 9.59 Å². The molecule has 0 rings (SSSR count). The highest BCUT2D eigenvalue weighted by Gasteiger charge is 1.88. The molecule has 0 aliphatic heterocycles. The fourth-order valence-electron chi connectivity index (χ4n) is 0.192. The van der Waals surface area contributed by atoms with Crippen molar-refractivity contribution in [1.82, 2.24) is 0 Å². The van der Waals surface area contributed by atoms with Gasteiger partial charge in [0.1, 0.15) is 0 Å². The Morgan fingerprint density at radius 1 is 0.750 bits per heavy atom. The van der Waals surface area contributed by atoms with Gasteiger partial charge in [0.15, 0.2) is 12.6 Å². The van der Waals surface area contributed by atoms with Crippen molar-refractivity contribution < 1.29 is 28.5 Å². The lowest BCUT2D eigenvalue weighted by Gasteiger charge is -2.03. The second-order valence-electron chi connectivity index (χ2n) is 2.75. The van der Waals surface area contributed by atoms with E-state index >= 15 is 0 Å². The molecule has 4 N–H and O–H groups in total. The number of hydrogen-bond acceptors (Lipinski definition) is 6. The molecular formula is C10H26N2O6S2. The van der Waals surface area contributed by atoms with Crippen LogP contribution in [0, 0.1) is 0 Å². The van der Waals surface area contributed by atoms with E-state index in [1.54, 1.807) is 28.4 Å². The summed E-state index contributed by atoms with van der Waals surface area (Å²) in [4.78, 5) is 18.2. The molecule has 0 atom stereocenters. The maximum absolute atomic E-state index is 9.09. The van der Waals surface area contributed by atoms with Gasteiger partial charge in [-0.15, -0.1) is 0 Å². The summed E-state index contributed by atoms with van der Waals surface area (Å²) in [7, 11) is 6.42. The van der Waals surface area contributed by atoms with Gasteiger partial charge in [-0.1, -0.05) is 25.3 Å². The highest BCUT2D eigenvalue weighted by molar-refractivity contribution is 7.96. The van der Waals surface area contributed by atoms with Gasteiger partial charge >= 0.3 is 0 Å². The van der Waals surface area contributed by atoms with Gasteiger partial charge in [0.25, 0.3) is 10.5 Å². The van der Waals surface area contributed by atoms with Gasteiger partial charge in [-0.05, 0) is 13.8 Å². The molecule has 0 aliphatic carbocycles. The Labute approximate surface area is 131 Å². The first-order valence-electron chi connectivity index (χ1n) is 5.16. The largest absolute Gasteiger partial charge is 0.361 e. The van der Waals surface area contributed by atoms with Crippen molar-refractivity contribution in [3.63, 3.8) is 0 Å². The molecule has 0 radical (unpaired) electrons. The molecule has 0 saturated heterocycles. The van der Waals surface area contributed by atoms with E-state index in [9.17, 15) is 0 Å². The van der Waals surface area contributed by atoms with Crippen LogP contribution >= 0.6 is 25.3 Å². The van der Waals surface area contributed by atoms with E-state index in [4.69, 9.17) is 9.59 Å². The number of primary amides is 2. The van der Waals surface area contributed by atoms with Crippen molar-refractivity contribution in [3.8, 4) is 0 Å². The number of amides is 2. The fraction of sp³-hybridized carbons (Fsp3) is 0.800. The van der Waals surface area contributed by atoms with E-state index in [0.29, 0.717) is 0 Å². The molecular weight excluding hydrogens is 308 g/mol. The molecule has 0 aromatic carbocycles. The Morgan fingerprint density at radius 3 is 0.850 bits per heavy atom. The van der Waals surface area contributed by atoms with Crippen molar-refractivity contribution in [2.45, 2.75) is 26.4 Å². The molecule has 0 unspecified atom stereocenters. The zero-order valence-electron chi connectivity index (χ0n) is 12.7. The van der Waals surface area contributed by atoms with E-state index in [1.807, 2.05) is 13.8 Å². The van der Waals surface area contributed by atoms with Crippen LogP contribution in [0.15, 0.2) is 0 Å².